The number of likely N-dealkylation sites (tertiary alicyclic amines) is 1. The molecule has 1 fully saturated rings. The first-order valence-corrected chi connectivity index (χ1v) is 7.12. The fraction of sp³-hybridized carbons (Fsp3) is 0.692. The molecule has 0 N–H and O–H groups in total. The Hall–Kier alpha value is -1.76. The quantitative estimate of drug-likeness (QED) is 0.844. The van der Waals surface area contributed by atoms with Crippen LogP contribution < -0.4 is 0 Å². The molecule has 2 aromatic heterocycles. The maximum atomic E-state index is 5.58. The zero-order valence-corrected chi connectivity index (χ0v) is 11.9. The largest absolute Gasteiger partial charge is 0.424 e. The van der Waals surface area contributed by atoms with Crippen molar-refractivity contribution < 1.29 is 4.42 Å². The molecule has 7 heteroatoms. The number of piperidine rings is 1. The highest BCUT2D eigenvalue weighted by atomic mass is 16.4. The van der Waals surface area contributed by atoms with E-state index in [9.17, 15) is 0 Å². The molecule has 108 valence electrons. The van der Waals surface area contributed by atoms with E-state index in [-0.39, 0.29) is 6.04 Å². The van der Waals surface area contributed by atoms with Crippen LogP contribution in [-0.4, -0.2) is 42.4 Å². The van der Waals surface area contributed by atoms with Crippen LogP contribution in [-0.2, 0) is 6.54 Å². The second-order valence-corrected chi connectivity index (χ2v) is 5.34. The second kappa shape index (κ2) is 5.70. The van der Waals surface area contributed by atoms with Crippen molar-refractivity contribution in [3.05, 3.63) is 24.4 Å². The summed E-state index contributed by atoms with van der Waals surface area (Å²) >= 11 is 0. The van der Waals surface area contributed by atoms with Crippen LogP contribution in [0.15, 0.2) is 17.1 Å². The predicted molar refractivity (Wildman–Crippen MR) is 71.8 cm³/mol. The van der Waals surface area contributed by atoms with Crippen LogP contribution in [0.1, 0.15) is 44.0 Å². The predicted octanol–water partition coefficient (Wildman–Crippen LogP) is 1.59. The van der Waals surface area contributed by atoms with Gasteiger partial charge in [0.15, 0.2) is 0 Å². The third kappa shape index (κ3) is 2.72. The lowest BCUT2D eigenvalue weighted by molar-refractivity contribution is 0.0747. The Balaban J connectivity index is 1.74. The molecule has 20 heavy (non-hydrogen) atoms. The molecular weight excluding hydrogens is 256 g/mol. The maximum Gasteiger partial charge on any atom is 0.233 e. The van der Waals surface area contributed by atoms with Crippen LogP contribution in [0.2, 0.25) is 0 Å². The van der Waals surface area contributed by atoms with E-state index in [2.05, 4.69) is 32.1 Å². The standard InChI is InChI=1S/C13H20N6O/c1-10(13-17-16-11(2)20-13)19-6-4-3-5-12(19)7-18-9-14-8-15-18/h8-10,12H,3-7H2,1-2H3/t10-,12+/m0/s1. The molecule has 1 saturated heterocycles. The van der Waals surface area contributed by atoms with Gasteiger partial charge in [-0.1, -0.05) is 6.42 Å². The van der Waals surface area contributed by atoms with Gasteiger partial charge in [0, 0.05) is 13.0 Å². The summed E-state index contributed by atoms with van der Waals surface area (Å²) in [6, 6.07) is 0.581. The smallest absolute Gasteiger partial charge is 0.233 e. The van der Waals surface area contributed by atoms with E-state index < -0.39 is 0 Å². The zero-order valence-electron chi connectivity index (χ0n) is 11.9. The number of hydrogen-bond donors (Lipinski definition) is 0. The first-order valence-electron chi connectivity index (χ1n) is 7.12. The van der Waals surface area contributed by atoms with Crippen molar-refractivity contribution in [1.82, 2.24) is 29.9 Å². The molecule has 0 amide bonds. The molecule has 0 aliphatic carbocycles. The molecule has 7 nitrogen and oxygen atoms in total. The van der Waals surface area contributed by atoms with Gasteiger partial charge in [-0.05, 0) is 26.3 Å². The van der Waals surface area contributed by atoms with Crippen LogP contribution in [0.5, 0.6) is 0 Å². The number of aryl methyl sites for hydroxylation is 1. The van der Waals surface area contributed by atoms with Crippen molar-refractivity contribution in [3.63, 3.8) is 0 Å². The van der Waals surface area contributed by atoms with Crippen molar-refractivity contribution in [3.8, 4) is 0 Å². The SMILES string of the molecule is Cc1nnc([C@H](C)N2CCCC[C@@H]2Cn2cncn2)o1. The molecular formula is C13H20N6O. The highest BCUT2D eigenvalue weighted by Gasteiger charge is 2.30. The van der Waals surface area contributed by atoms with Gasteiger partial charge in [0.25, 0.3) is 0 Å². The summed E-state index contributed by atoms with van der Waals surface area (Å²) in [5.41, 5.74) is 0. The summed E-state index contributed by atoms with van der Waals surface area (Å²) in [5, 5.41) is 12.3. The molecule has 2 atom stereocenters. The van der Waals surface area contributed by atoms with Crippen LogP contribution in [0, 0.1) is 6.92 Å². The monoisotopic (exact) mass is 276 g/mol. The first kappa shape index (κ1) is 13.2. The summed E-state index contributed by atoms with van der Waals surface area (Å²) < 4.78 is 7.48. The normalized spacial score (nSPS) is 22.0. The minimum Gasteiger partial charge on any atom is -0.424 e. The lowest BCUT2D eigenvalue weighted by Crippen LogP contribution is -2.43. The van der Waals surface area contributed by atoms with Gasteiger partial charge in [-0.3, -0.25) is 9.58 Å². The minimum atomic E-state index is 0.144. The van der Waals surface area contributed by atoms with Gasteiger partial charge >= 0.3 is 0 Å². The average molecular weight is 276 g/mol. The summed E-state index contributed by atoms with van der Waals surface area (Å²) in [4.78, 5) is 6.45. The van der Waals surface area contributed by atoms with E-state index in [4.69, 9.17) is 4.42 Å². The van der Waals surface area contributed by atoms with Crippen molar-refractivity contribution >= 4 is 0 Å². The Morgan fingerprint density at radius 1 is 1.40 bits per heavy atom. The summed E-state index contributed by atoms with van der Waals surface area (Å²) in [7, 11) is 0. The highest BCUT2D eigenvalue weighted by molar-refractivity contribution is 4.92. The Morgan fingerprint density at radius 2 is 2.30 bits per heavy atom. The van der Waals surface area contributed by atoms with Crippen LogP contribution >= 0.6 is 0 Å². The van der Waals surface area contributed by atoms with Gasteiger partial charge in [0.05, 0.1) is 12.6 Å². The molecule has 3 rings (SSSR count). The van der Waals surface area contributed by atoms with Gasteiger partial charge in [0.2, 0.25) is 11.8 Å². The Labute approximate surface area is 118 Å². The van der Waals surface area contributed by atoms with Crippen LogP contribution in [0.4, 0.5) is 0 Å². The summed E-state index contributed by atoms with van der Waals surface area (Å²) in [5.74, 6) is 1.32. The summed E-state index contributed by atoms with van der Waals surface area (Å²) in [6.45, 7) is 5.87. The van der Waals surface area contributed by atoms with Crippen molar-refractivity contribution in [2.45, 2.75) is 51.7 Å². The number of hydrogen-bond acceptors (Lipinski definition) is 6. The maximum absolute atomic E-state index is 5.58. The number of nitrogens with zero attached hydrogens (tertiary/aromatic N) is 6. The van der Waals surface area contributed by atoms with Crippen molar-refractivity contribution in [2.75, 3.05) is 6.54 Å². The summed E-state index contributed by atoms with van der Waals surface area (Å²) in [6.07, 6.45) is 6.99. The van der Waals surface area contributed by atoms with E-state index in [1.54, 1.807) is 12.7 Å². The fourth-order valence-electron chi connectivity index (χ4n) is 2.89. The van der Waals surface area contributed by atoms with E-state index in [1.807, 2.05) is 11.6 Å². The second-order valence-electron chi connectivity index (χ2n) is 5.34. The molecule has 0 aromatic carbocycles. The van der Waals surface area contributed by atoms with Crippen LogP contribution in [0.3, 0.4) is 0 Å². The van der Waals surface area contributed by atoms with Gasteiger partial charge in [-0.15, -0.1) is 10.2 Å². The highest BCUT2D eigenvalue weighted by Crippen LogP contribution is 2.28. The molecule has 1 aliphatic heterocycles. The molecule has 2 aromatic rings. The molecule has 1 aliphatic rings. The van der Waals surface area contributed by atoms with E-state index >= 15 is 0 Å². The lowest BCUT2D eigenvalue weighted by Gasteiger charge is -2.38. The molecule has 0 bridgehead atoms. The molecule has 0 unspecified atom stereocenters. The fourth-order valence-corrected chi connectivity index (χ4v) is 2.89. The third-order valence-corrected chi connectivity index (χ3v) is 3.93. The van der Waals surface area contributed by atoms with Gasteiger partial charge in [0.1, 0.15) is 12.7 Å². The van der Waals surface area contributed by atoms with Gasteiger partial charge in [-0.2, -0.15) is 5.10 Å². The van der Waals surface area contributed by atoms with Crippen molar-refractivity contribution in [1.29, 1.82) is 0 Å². The number of rotatable bonds is 4. The van der Waals surface area contributed by atoms with Crippen LogP contribution in [0.25, 0.3) is 0 Å². The molecule has 0 saturated carbocycles. The van der Waals surface area contributed by atoms with Gasteiger partial charge in [-0.25, -0.2) is 4.98 Å². The van der Waals surface area contributed by atoms with E-state index in [1.165, 1.54) is 12.8 Å². The number of aromatic nitrogens is 5. The lowest BCUT2D eigenvalue weighted by atomic mass is 10.00. The first-order chi connectivity index (χ1) is 9.74. The molecule has 0 radical (unpaired) electrons. The Bertz CT molecular complexity index is 537. The molecule has 3 heterocycles. The Morgan fingerprint density at radius 3 is 3.00 bits per heavy atom. The van der Waals surface area contributed by atoms with Gasteiger partial charge < -0.3 is 4.42 Å². The topological polar surface area (TPSA) is 72.9 Å². The minimum absolute atomic E-state index is 0.144. The Kier molecular flexibility index (Phi) is 3.77. The van der Waals surface area contributed by atoms with Crippen molar-refractivity contribution in [2.24, 2.45) is 0 Å². The van der Waals surface area contributed by atoms with E-state index in [0.29, 0.717) is 17.8 Å². The van der Waals surface area contributed by atoms with E-state index in [0.717, 1.165) is 19.5 Å². The third-order valence-electron chi connectivity index (χ3n) is 3.93. The average Bonchev–Trinajstić information content (AvgIpc) is 3.10. The zero-order chi connectivity index (χ0) is 13.9. The molecule has 0 spiro atoms.